The molecule has 9 heterocycles. The summed E-state index contributed by atoms with van der Waals surface area (Å²) >= 11 is 7.84. The van der Waals surface area contributed by atoms with E-state index in [4.69, 9.17) is 48.2 Å². The fourth-order valence-electron chi connectivity index (χ4n) is 12.3. The Hall–Kier alpha value is -8.15. The largest absolute Gasteiger partial charge is 0.482 e. The first kappa shape index (κ1) is 54.4. The highest BCUT2D eigenvalue weighted by Gasteiger charge is 2.50. The molecule has 3 aromatic carbocycles. The molecule has 20 nitrogen and oxygen atoms in total. The Morgan fingerprint density at radius 2 is 1.90 bits per heavy atom. The van der Waals surface area contributed by atoms with Crippen molar-refractivity contribution in [1.82, 2.24) is 34.3 Å². The van der Waals surface area contributed by atoms with Gasteiger partial charge >= 0.3 is 12.0 Å². The highest BCUT2D eigenvalue weighted by atomic mass is 35.5. The molecule has 4 unspecified atom stereocenters. The molecule has 4 aromatic heterocycles. The van der Waals surface area contributed by atoms with Crippen molar-refractivity contribution in [3.05, 3.63) is 110 Å². The summed E-state index contributed by atoms with van der Waals surface area (Å²) in [5, 5.41) is 26.8. The number of cyclic esters (lactones) is 1. The minimum absolute atomic E-state index is 0.0228. The fourth-order valence-corrected chi connectivity index (χ4v) is 13.6. The number of nitriles is 1. The van der Waals surface area contributed by atoms with Crippen LogP contribution in [0.25, 0.3) is 54.4 Å². The first-order valence-electron chi connectivity index (χ1n) is 26.3. The zero-order chi connectivity index (χ0) is 57.8. The molecule has 7 aromatic rings. The smallest absolute Gasteiger partial charge is 0.343 e. The van der Waals surface area contributed by atoms with Crippen LogP contribution in [-0.2, 0) is 33.1 Å². The molecule has 0 bridgehead atoms. The van der Waals surface area contributed by atoms with Gasteiger partial charge in [-0.3, -0.25) is 19.5 Å². The molecule has 4 atom stereocenters. The molecule has 5 aliphatic rings. The Balaban J connectivity index is 0.752. The zero-order valence-electron chi connectivity index (χ0n) is 44.2. The number of hydrogen-bond acceptors (Lipinski definition) is 18. The molecule has 0 radical (unpaired) electrons. The van der Waals surface area contributed by atoms with Crippen LogP contribution in [0, 0.1) is 28.8 Å². The van der Waals surface area contributed by atoms with Gasteiger partial charge in [0.1, 0.15) is 54.2 Å². The molecule has 0 aliphatic carbocycles. The highest BCUT2D eigenvalue weighted by molar-refractivity contribution is 7.23. The molecule has 5 aliphatic heterocycles. The number of rotatable bonds is 12. The molecular weight excluding hydrogens is 1110 g/mol. The van der Waals surface area contributed by atoms with Crippen LogP contribution in [0.4, 0.5) is 28.4 Å². The number of nitrogens with zero attached hydrogens (tertiary/aromatic N) is 10. The van der Waals surface area contributed by atoms with Gasteiger partial charge in [0.2, 0.25) is 0 Å². The normalized spacial score (nSPS) is 21.4. The number of benzene rings is 3. The van der Waals surface area contributed by atoms with Crippen LogP contribution in [0.15, 0.2) is 64.5 Å². The van der Waals surface area contributed by atoms with E-state index in [0.29, 0.717) is 35.3 Å². The first-order chi connectivity index (χ1) is 39.3. The molecule has 0 spiro atoms. The fraction of sp³-hybridized carbons (Fsp3) is 0.357. The van der Waals surface area contributed by atoms with E-state index in [9.17, 15) is 29.1 Å². The predicted molar refractivity (Wildman–Crippen MR) is 298 cm³/mol. The first-order valence-corrected chi connectivity index (χ1v) is 27.5. The van der Waals surface area contributed by atoms with Gasteiger partial charge in [-0.25, -0.2) is 33.2 Å². The number of piperazine rings is 1. The van der Waals surface area contributed by atoms with Gasteiger partial charge in [-0.1, -0.05) is 31.2 Å². The van der Waals surface area contributed by atoms with Crippen LogP contribution >= 0.6 is 22.9 Å². The van der Waals surface area contributed by atoms with Crippen molar-refractivity contribution >= 4 is 83.4 Å². The average Bonchev–Trinajstić information content (AvgIpc) is 3.80. The minimum atomic E-state index is -2.01. The maximum Gasteiger partial charge on any atom is 0.343 e. The molecule has 12 rings (SSSR count). The molecule has 424 valence electrons. The van der Waals surface area contributed by atoms with Crippen LogP contribution < -0.4 is 37.4 Å². The summed E-state index contributed by atoms with van der Waals surface area (Å²) in [7, 11) is 0. The molecule has 0 saturated carbocycles. The van der Waals surface area contributed by atoms with Crippen molar-refractivity contribution in [3.63, 3.8) is 0 Å². The number of alkyl halides is 1. The van der Waals surface area contributed by atoms with Crippen LogP contribution in [0.5, 0.6) is 11.8 Å². The van der Waals surface area contributed by atoms with E-state index in [-0.39, 0.29) is 159 Å². The van der Waals surface area contributed by atoms with Gasteiger partial charge in [-0.2, -0.15) is 20.3 Å². The zero-order valence-corrected chi connectivity index (χ0v) is 45.8. The topological polar surface area (TPSA) is 270 Å². The number of halogens is 5. The molecule has 26 heteroatoms. The van der Waals surface area contributed by atoms with Crippen molar-refractivity contribution < 1.29 is 46.5 Å². The van der Waals surface area contributed by atoms with E-state index in [1.165, 1.54) is 22.8 Å². The summed E-state index contributed by atoms with van der Waals surface area (Å²) in [6.45, 7) is 8.05. The van der Waals surface area contributed by atoms with Crippen molar-refractivity contribution in [2.45, 2.75) is 76.0 Å². The second-order valence-corrected chi connectivity index (χ2v) is 22.8. The number of pyridine rings is 2. The quantitative estimate of drug-likeness (QED) is 0.0193. The number of aromatic nitrogens is 4. The Kier molecular flexibility index (Phi) is 13.5. The number of anilines is 2. The number of amidine groups is 1. The second kappa shape index (κ2) is 20.4. The van der Waals surface area contributed by atoms with E-state index < -0.39 is 64.8 Å². The van der Waals surface area contributed by atoms with Gasteiger partial charge in [0.15, 0.2) is 28.8 Å². The number of fused-ring (bicyclic) bond motifs is 8. The summed E-state index contributed by atoms with van der Waals surface area (Å²) in [6, 6.07) is 11.2. The van der Waals surface area contributed by atoms with E-state index in [1.54, 1.807) is 24.0 Å². The summed E-state index contributed by atoms with van der Waals surface area (Å²) < 4.78 is 82.1. The number of nitrogens with two attached hydrogens (primary N) is 3. The Bertz CT molecular complexity index is 4060. The third kappa shape index (κ3) is 8.77. The van der Waals surface area contributed by atoms with Crippen LogP contribution in [-0.4, -0.2) is 127 Å². The molecule has 82 heavy (non-hydrogen) atoms. The standard InChI is InChI=1S/C56H52ClF4N13O7S/c1-4-56(78)35-15-40-46-29(21-73(40)52(76)34(35)23-80-53(56)77)12-28-13-41(38(60)16-39(28)66-46)79-24-42(69-64)74(65)19-26(2)51(75)70-10-11-72(27(3)20-70)50-32-14-36(57)44(31-6-7-37(59)48-43(31)33(18-62)49(63)82-48)45(61)47(32)67-54(68-50)81-25-55-8-5-9-71(55)22-30(58)17-55/h6-7,12-16,27,30,78H,2,4-5,8-11,17,19-25,63-65H2,1,3H3/b69-42-. The second-order valence-electron chi connectivity index (χ2n) is 21.3. The maximum absolute atomic E-state index is 17.5. The number of aliphatic hydroxyl groups is 1. The number of hydrogen-bond donors (Lipinski definition) is 4. The number of ether oxygens (including phenoxy) is 3. The van der Waals surface area contributed by atoms with Gasteiger partial charge in [-0.15, -0.1) is 11.3 Å². The number of hydrazine groups is 1. The summed E-state index contributed by atoms with van der Waals surface area (Å²) in [4.78, 5) is 60.0. The number of carbonyl (C=O) groups is 2. The third-order valence-electron chi connectivity index (χ3n) is 16.5. The van der Waals surface area contributed by atoms with Crippen LogP contribution in [0.2, 0.25) is 5.02 Å². The van der Waals surface area contributed by atoms with Gasteiger partial charge < -0.3 is 45.3 Å². The van der Waals surface area contributed by atoms with E-state index >= 15 is 13.2 Å². The lowest BCUT2D eigenvalue weighted by atomic mass is 9.86. The Morgan fingerprint density at radius 1 is 1.10 bits per heavy atom. The van der Waals surface area contributed by atoms with E-state index in [1.807, 2.05) is 17.9 Å². The lowest BCUT2D eigenvalue weighted by Crippen LogP contribution is -2.55. The van der Waals surface area contributed by atoms with Crippen molar-refractivity contribution in [2.24, 2.45) is 16.8 Å². The Morgan fingerprint density at radius 3 is 2.66 bits per heavy atom. The number of hydrazone groups is 1. The SMILES string of the molecule is C=C(CN(N)/C(COc1cc2cc3c(nc2cc1F)-c1cc2c(c(=O)n1C3)COC(=O)C2(O)CC)=N\N)C(=O)N1CCN(c2nc(OCC34CCCN3CC(F)C4)nc3c(F)c(-c4ccc(F)c5sc(N)c(C#N)c45)c(Cl)cc23)C(C)C1. The molecule has 3 fully saturated rings. The highest BCUT2D eigenvalue weighted by Crippen LogP contribution is 2.47. The van der Waals surface area contributed by atoms with Gasteiger partial charge in [0.05, 0.1) is 56.4 Å². The summed E-state index contributed by atoms with van der Waals surface area (Å²) in [5.41, 5.74) is 4.86. The minimum Gasteiger partial charge on any atom is -0.482 e. The van der Waals surface area contributed by atoms with Gasteiger partial charge in [0.25, 0.3) is 11.5 Å². The van der Waals surface area contributed by atoms with Gasteiger partial charge in [0, 0.05) is 83.1 Å². The summed E-state index contributed by atoms with van der Waals surface area (Å²) in [6.07, 6.45) is 0.740. The summed E-state index contributed by atoms with van der Waals surface area (Å²) in [5.74, 6) is 8.49. The number of esters is 1. The third-order valence-corrected chi connectivity index (χ3v) is 17.8. The molecule has 3 saturated heterocycles. The van der Waals surface area contributed by atoms with Crippen LogP contribution in [0.3, 0.4) is 0 Å². The van der Waals surface area contributed by atoms with Crippen molar-refractivity contribution in [3.8, 4) is 40.3 Å². The van der Waals surface area contributed by atoms with Crippen molar-refractivity contribution in [1.29, 1.82) is 5.26 Å². The number of nitrogen functional groups attached to an aromatic ring is 1. The van der Waals surface area contributed by atoms with Crippen LogP contribution in [0.1, 0.15) is 61.8 Å². The average molecular weight is 1160 g/mol. The number of thiophene rings is 1. The van der Waals surface area contributed by atoms with Gasteiger partial charge in [-0.05, 0) is 68.6 Å². The lowest BCUT2D eigenvalue weighted by molar-refractivity contribution is -0.172. The Labute approximate surface area is 473 Å². The number of amides is 1. The number of carbonyl (C=O) groups excluding carboxylic acids is 2. The predicted octanol–water partition coefficient (Wildman–Crippen LogP) is 6.50. The molecule has 1 amide bonds. The molecular formula is C56H52ClF4N13O7S. The maximum atomic E-state index is 17.5. The lowest BCUT2D eigenvalue weighted by Gasteiger charge is -2.41. The van der Waals surface area contributed by atoms with E-state index in [0.717, 1.165) is 34.9 Å². The molecule has 7 N–H and O–H groups in total. The monoisotopic (exact) mass is 1160 g/mol. The van der Waals surface area contributed by atoms with Crippen molar-refractivity contribution in [2.75, 3.05) is 63.1 Å². The van der Waals surface area contributed by atoms with E-state index in [2.05, 4.69) is 26.5 Å².